The molecule has 2 aromatic rings. The van der Waals surface area contributed by atoms with Crippen LogP contribution in [0.4, 0.5) is 4.79 Å². The Hall–Kier alpha value is -3.08. The largest absolute Gasteiger partial charge is 0.341 e. The molecular weight excluding hydrogens is 450 g/mol. The topological polar surface area (TPSA) is 88.5 Å². The summed E-state index contributed by atoms with van der Waals surface area (Å²) in [5, 5.41) is 14.9. The van der Waals surface area contributed by atoms with E-state index in [0.29, 0.717) is 37.6 Å². The molecule has 0 aliphatic carbocycles. The minimum Gasteiger partial charge on any atom is -0.341 e. The first-order valence-corrected chi connectivity index (χ1v) is 12.0. The lowest BCUT2D eigenvalue weighted by atomic mass is 9.96. The van der Waals surface area contributed by atoms with E-state index < -0.39 is 6.04 Å². The average molecular weight is 482 g/mol. The average Bonchev–Trinajstić information content (AvgIpc) is 2.84. The quantitative estimate of drug-likeness (QED) is 0.561. The lowest BCUT2D eigenvalue weighted by molar-refractivity contribution is -0.123. The Morgan fingerprint density at radius 1 is 1.00 bits per heavy atom. The van der Waals surface area contributed by atoms with Gasteiger partial charge in [-0.15, -0.1) is 0 Å². The highest BCUT2D eigenvalue weighted by molar-refractivity contribution is 6.30. The molecule has 34 heavy (non-hydrogen) atoms. The van der Waals surface area contributed by atoms with Crippen LogP contribution < -0.4 is 10.6 Å². The Bertz CT molecular complexity index is 983. The third kappa shape index (κ3) is 6.96. The zero-order valence-electron chi connectivity index (χ0n) is 19.7. The zero-order valence-corrected chi connectivity index (χ0v) is 20.5. The molecule has 0 aromatic heterocycles. The van der Waals surface area contributed by atoms with E-state index in [-0.39, 0.29) is 30.4 Å². The molecule has 3 amide bonds. The Balaban J connectivity index is 1.67. The van der Waals surface area contributed by atoms with Gasteiger partial charge in [0, 0.05) is 31.2 Å². The van der Waals surface area contributed by atoms with Crippen LogP contribution in [0.1, 0.15) is 37.4 Å². The standard InChI is InChI=1S/C26H32ClN5O2/c1-19(2)18-23(25(33)29-13-12-28)30-26(34)32-16-14-31(15-17-32)24(20-6-4-3-5-7-20)21-8-10-22(27)11-9-21/h3-11,19,23-24H,13-18H2,1-2H3,(H,29,33)(H,30,34)/t23-,24?/m0/s1. The number of nitriles is 1. The van der Waals surface area contributed by atoms with Crippen molar-refractivity contribution in [1.29, 1.82) is 5.26 Å². The number of amides is 3. The van der Waals surface area contributed by atoms with Gasteiger partial charge in [0.15, 0.2) is 0 Å². The van der Waals surface area contributed by atoms with E-state index in [1.165, 1.54) is 5.56 Å². The lowest BCUT2D eigenvalue weighted by Gasteiger charge is -2.40. The third-order valence-corrected chi connectivity index (χ3v) is 6.18. The number of carbonyl (C=O) groups excluding carboxylic acids is 2. The fourth-order valence-corrected chi connectivity index (χ4v) is 4.40. The molecule has 1 saturated heterocycles. The van der Waals surface area contributed by atoms with Crippen molar-refractivity contribution in [2.24, 2.45) is 5.92 Å². The van der Waals surface area contributed by atoms with Crippen LogP contribution in [0.15, 0.2) is 54.6 Å². The second-order valence-electron chi connectivity index (χ2n) is 8.90. The molecule has 1 heterocycles. The molecule has 0 radical (unpaired) electrons. The van der Waals surface area contributed by atoms with E-state index in [1.54, 1.807) is 4.90 Å². The zero-order chi connectivity index (χ0) is 24.5. The molecule has 1 aliphatic heterocycles. The van der Waals surface area contributed by atoms with Gasteiger partial charge < -0.3 is 15.5 Å². The Labute approximate surface area is 206 Å². The first-order chi connectivity index (χ1) is 16.4. The molecule has 1 unspecified atom stereocenters. The number of benzene rings is 2. The summed E-state index contributed by atoms with van der Waals surface area (Å²) in [5.41, 5.74) is 2.34. The van der Waals surface area contributed by atoms with Crippen LogP contribution in [-0.4, -0.2) is 60.5 Å². The van der Waals surface area contributed by atoms with E-state index in [0.717, 1.165) is 5.56 Å². The number of urea groups is 1. The number of piperazine rings is 1. The van der Waals surface area contributed by atoms with Gasteiger partial charge in [-0.25, -0.2) is 4.79 Å². The van der Waals surface area contributed by atoms with Crippen molar-refractivity contribution in [3.8, 4) is 6.07 Å². The molecular formula is C26H32ClN5O2. The van der Waals surface area contributed by atoms with Crippen molar-refractivity contribution in [3.63, 3.8) is 0 Å². The van der Waals surface area contributed by atoms with Crippen molar-refractivity contribution < 1.29 is 9.59 Å². The number of nitrogens with zero attached hydrogens (tertiary/aromatic N) is 3. The van der Waals surface area contributed by atoms with Crippen LogP contribution >= 0.6 is 11.6 Å². The second kappa shape index (κ2) is 12.4. The third-order valence-electron chi connectivity index (χ3n) is 5.93. The van der Waals surface area contributed by atoms with Crippen LogP contribution in [0.25, 0.3) is 0 Å². The smallest absolute Gasteiger partial charge is 0.318 e. The molecule has 2 N–H and O–H groups in total. The molecule has 0 spiro atoms. The maximum absolute atomic E-state index is 13.0. The van der Waals surface area contributed by atoms with Crippen LogP contribution in [0.2, 0.25) is 5.02 Å². The predicted octanol–water partition coefficient (Wildman–Crippen LogP) is 3.81. The molecule has 8 heteroatoms. The number of halogens is 1. The molecule has 2 aromatic carbocycles. The summed E-state index contributed by atoms with van der Waals surface area (Å²) in [5.74, 6) is -0.102. The van der Waals surface area contributed by atoms with Gasteiger partial charge in [-0.2, -0.15) is 5.26 Å². The number of hydrogen-bond acceptors (Lipinski definition) is 4. The minimum atomic E-state index is -0.662. The highest BCUT2D eigenvalue weighted by Crippen LogP contribution is 2.30. The van der Waals surface area contributed by atoms with Crippen molar-refractivity contribution in [1.82, 2.24) is 20.4 Å². The number of carbonyl (C=O) groups is 2. The van der Waals surface area contributed by atoms with Crippen LogP contribution in [0, 0.1) is 17.2 Å². The van der Waals surface area contributed by atoms with Gasteiger partial charge in [0.2, 0.25) is 5.91 Å². The number of nitrogens with one attached hydrogen (secondary N) is 2. The van der Waals surface area contributed by atoms with Crippen molar-refractivity contribution >= 4 is 23.5 Å². The molecule has 0 bridgehead atoms. The highest BCUT2D eigenvalue weighted by atomic mass is 35.5. The number of rotatable bonds is 8. The van der Waals surface area contributed by atoms with E-state index in [2.05, 4.69) is 39.8 Å². The fourth-order valence-electron chi connectivity index (χ4n) is 4.27. The van der Waals surface area contributed by atoms with Crippen molar-refractivity contribution in [2.75, 3.05) is 32.7 Å². The molecule has 2 atom stereocenters. The number of hydrogen-bond donors (Lipinski definition) is 2. The monoisotopic (exact) mass is 481 g/mol. The van der Waals surface area contributed by atoms with Gasteiger partial charge >= 0.3 is 6.03 Å². The maximum atomic E-state index is 13.0. The first-order valence-electron chi connectivity index (χ1n) is 11.6. The summed E-state index contributed by atoms with van der Waals surface area (Å²) < 4.78 is 0. The van der Waals surface area contributed by atoms with Gasteiger partial charge in [-0.05, 0) is 35.6 Å². The SMILES string of the molecule is CC(C)C[C@H](NC(=O)N1CCN(C(c2ccccc2)c2ccc(Cl)cc2)CC1)C(=O)NCC#N. The van der Waals surface area contributed by atoms with Crippen molar-refractivity contribution in [3.05, 3.63) is 70.7 Å². The van der Waals surface area contributed by atoms with E-state index in [1.807, 2.05) is 50.2 Å². The van der Waals surface area contributed by atoms with Crippen LogP contribution in [0.3, 0.4) is 0 Å². The molecule has 1 aliphatic rings. The van der Waals surface area contributed by atoms with E-state index >= 15 is 0 Å². The van der Waals surface area contributed by atoms with Crippen LogP contribution in [0.5, 0.6) is 0 Å². The molecule has 0 saturated carbocycles. The Morgan fingerprint density at radius 2 is 1.62 bits per heavy atom. The summed E-state index contributed by atoms with van der Waals surface area (Å²) in [7, 11) is 0. The maximum Gasteiger partial charge on any atom is 0.318 e. The predicted molar refractivity (Wildman–Crippen MR) is 133 cm³/mol. The molecule has 1 fully saturated rings. The summed E-state index contributed by atoms with van der Waals surface area (Å²) in [4.78, 5) is 29.5. The lowest BCUT2D eigenvalue weighted by Crippen LogP contribution is -2.56. The van der Waals surface area contributed by atoms with Gasteiger partial charge in [0.1, 0.15) is 12.6 Å². The summed E-state index contributed by atoms with van der Waals surface area (Å²) in [6.07, 6.45) is 0.510. The van der Waals surface area contributed by atoms with Gasteiger partial charge in [0.05, 0.1) is 12.1 Å². The summed E-state index contributed by atoms with van der Waals surface area (Å²) in [6.45, 7) is 6.42. The first kappa shape index (κ1) is 25.5. The minimum absolute atomic E-state index is 0.0640. The molecule has 3 rings (SSSR count). The van der Waals surface area contributed by atoms with E-state index in [4.69, 9.17) is 16.9 Å². The molecule has 7 nitrogen and oxygen atoms in total. The summed E-state index contributed by atoms with van der Waals surface area (Å²) in [6, 6.07) is 19.3. The van der Waals surface area contributed by atoms with Crippen molar-refractivity contribution in [2.45, 2.75) is 32.4 Å². The second-order valence-corrected chi connectivity index (χ2v) is 9.33. The van der Waals surface area contributed by atoms with Gasteiger partial charge in [0.25, 0.3) is 0 Å². The summed E-state index contributed by atoms with van der Waals surface area (Å²) >= 11 is 6.12. The Morgan fingerprint density at radius 3 is 2.21 bits per heavy atom. The fraction of sp³-hybridized carbons (Fsp3) is 0.423. The normalized spacial score (nSPS) is 15.9. The van der Waals surface area contributed by atoms with Gasteiger partial charge in [-0.3, -0.25) is 9.69 Å². The Kier molecular flexibility index (Phi) is 9.32. The van der Waals surface area contributed by atoms with E-state index in [9.17, 15) is 9.59 Å². The van der Waals surface area contributed by atoms with Crippen LogP contribution in [-0.2, 0) is 4.79 Å². The molecule has 180 valence electrons. The van der Waals surface area contributed by atoms with Gasteiger partial charge in [-0.1, -0.05) is 67.9 Å². The highest BCUT2D eigenvalue weighted by Gasteiger charge is 2.30.